The molecule has 4 N–H and O–H groups in total. The zero-order chi connectivity index (χ0) is 29.3. The number of carboxylic acids is 1. The topological polar surface area (TPSA) is 98.7 Å². The van der Waals surface area contributed by atoms with E-state index in [1.54, 1.807) is 0 Å². The smallest absolute Gasteiger partial charge is 0.303 e. The van der Waals surface area contributed by atoms with Crippen LogP contribution in [0.25, 0.3) is 0 Å². The Morgan fingerprint density at radius 1 is 0.975 bits per heavy atom. The Morgan fingerprint density at radius 2 is 1.62 bits per heavy atom. The fraction of sp³-hybridized carbons (Fsp3) is 0.562. The second-order valence-electron chi connectivity index (χ2n) is 12.2. The number of carbonyl (C=O) groups is 2. The number of nitrogens with one attached hydrogen (secondary N) is 2. The Balaban J connectivity index is 1.78. The summed E-state index contributed by atoms with van der Waals surface area (Å²) in [5, 5.41) is 26.6. The molecule has 0 bridgehead atoms. The summed E-state index contributed by atoms with van der Waals surface area (Å²) < 4.78 is 27.8. The van der Waals surface area contributed by atoms with Gasteiger partial charge in [-0.1, -0.05) is 64.3 Å². The van der Waals surface area contributed by atoms with Crippen LogP contribution in [0, 0.1) is 11.6 Å². The van der Waals surface area contributed by atoms with Crippen LogP contribution in [0.4, 0.5) is 8.78 Å². The lowest BCUT2D eigenvalue weighted by Gasteiger charge is -2.41. The minimum absolute atomic E-state index is 0.00848. The van der Waals surface area contributed by atoms with Gasteiger partial charge in [0.15, 0.2) is 0 Å². The van der Waals surface area contributed by atoms with E-state index in [4.69, 9.17) is 5.11 Å². The highest BCUT2D eigenvalue weighted by atomic mass is 19.1. The van der Waals surface area contributed by atoms with E-state index in [-0.39, 0.29) is 42.7 Å². The summed E-state index contributed by atoms with van der Waals surface area (Å²) >= 11 is 0. The van der Waals surface area contributed by atoms with Crippen molar-refractivity contribution in [3.63, 3.8) is 0 Å². The van der Waals surface area contributed by atoms with E-state index in [1.165, 1.54) is 23.3 Å². The second-order valence-corrected chi connectivity index (χ2v) is 12.2. The first-order valence-electron chi connectivity index (χ1n) is 14.4. The van der Waals surface area contributed by atoms with Crippen LogP contribution in [-0.2, 0) is 27.0 Å². The zero-order valence-corrected chi connectivity index (χ0v) is 23.9. The normalized spacial score (nSPS) is 16.8. The maximum absolute atomic E-state index is 13.9. The molecule has 0 heterocycles. The molecule has 2 aromatic rings. The van der Waals surface area contributed by atoms with Crippen LogP contribution in [-0.4, -0.2) is 40.8 Å². The summed E-state index contributed by atoms with van der Waals surface area (Å²) in [7, 11) is 0. The van der Waals surface area contributed by atoms with E-state index >= 15 is 0 Å². The summed E-state index contributed by atoms with van der Waals surface area (Å²) in [6.07, 6.45) is 4.95. The first kappa shape index (κ1) is 31.7. The van der Waals surface area contributed by atoms with Gasteiger partial charge in [0.1, 0.15) is 11.6 Å². The maximum atomic E-state index is 13.9. The number of unbranched alkanes of at least 4 members (excludes halogenated alkanes) is 1. The fourth-order valence-electron chi connectivity index (χ4n) is 5.56. The molecule has 2 aromatic carbocycles. The number of aliphatic carboxylic acids is 1. The minimum atomic E-state index is -1.03. The van der Waals surface area contributed by atoms with Gasteiger partial charge in [-0.3, -0.25) is 9.59 Å². The van der Waals surface area contributed by atoms with E-state index < -0.39 is 29.7 Å². The van der Waals surface area contributed by atoms with Gasteiger partial charge >= 0.3 is 5.97 Å². The Kier molecular flexibility index (Phi) is 11.2. The molecule has 6 nitrogen and oxygen atoms in total. The van der Waals surface area contributed by atoms with Crippen LogP contribution >= 0.6 is 0 Å². The van der Waals surface area contributed by atoms with Crippen molar-refractivity contribution in [3.8, 4) is 0 Å². The number of aliphatic hydroxyl groups excluding tert-OH is 1. The second kappa shape index (κ2) is 14.2. The minimum Gasteiger partial charge on any atom is -0.481 e. The lowest BCUT2D eigenvalue weighted by atomic mass is 9.74. The molecule has 1 aliphatic rings. The average Bonchev–Trinajstić information content (AvgIpc) is 2.89. The molecule has 0 aromatic heterocycles. The van der Waals surface area contributed by atoms with Crippen molar-refractivity contribution in [1.29, 1.82) is 0 Å². The van der Waals surface area contributed by atoms with Gasteiger partial charge in [0.05, 0.1) is 12.1 Å². The molecule has 2 atom stereocenters. The number of hydrogen-bond acceptors (Lipinski definition) is 4. The van der Waals surface area contributed by atoms with Gasteiger partial charge in [-0.05, 0) is 66.3 Å². The molecule has 1 aliphatic carbocycles. The Labute approximate surface area is 236 Å². The first-order chi connectivity index (χ1) is 18.9. The third-order valence-corrected chi connectivity index (χ3v) is 7.87. The quantitative estimate of drug-likeness (QED) is 0.235. The number of hydrogen-bond donors (Lipinski definition) is 4. The predicted octanol–water partition coefficient (Wildman–Crippen LogP) is 5.74. The Bertz CT molecular complexity index is 1120. The number of aliphatic hydroxyl groups is 1. The van der Waals surface area contributed by atoms with E-state index in [9.17, 15) is 23.5 Å². The van der Waals surface area contributed by atoms with Crippen LogP contribution < -0.4 is 10.6 Å². The molecular formula is C32H44F2N2O4. The van der Waals surface area contributed by atoms with E-state index in [2.05, 4.69) is 55.7 Å². The van der Waals surface area contributed by atoms with Gasteiger partial charge in [0.25, 0.3) is 0 Å². The molecule has 1 fully saturated rings. The Morgan fingerprint density at radius 3 is 2.25 bits per heavy atom. The van der Waals surface area contributed by atoms with Crippen molar-refractivity contribution < 1.29 is 28.6 Å². The van der Waals surface area contributed by atoms with Crippen LogP contribution in [0.2, 0.25) is 0 Å². The summed E-state index contributed by atoms with van der Waals surface area (Å²) in [6, 6.07) is 11.0. The van der Waals surface area contributed by atoms with Crippen molar-refractivity contribution in [2.75, 3.05) is 6.54 Å². The van der Waals surface area contributed by atoms with Gasteiger partial charge < -0.3 is 20.8 Å². The highest BCUT2D eigenvalue weighted by molar-refractivity contribution is 5.76. The van der Waals surface area contributed by atoms with Crippen LogP contribution in [0.15, 0.2) is 42.5 Å². The molecule has 3 rings (SSSR count). The molecule has 1 saturated carbocycles. The van der Waals surface area contributed by atoms with Gasteiger partial charge in [-0.25, -0.2) is 8.78 Å². The molecule has 8 heteroatoms. The number of rotatable bonds is 13. The highest BCUT2D eigenvalue weighted by Gasteiger charge is 2.35. The predicted molar refractivity (Wildman–Crippen MR) is 152 cm³/mol. The summed E-state index contributed by atoms with van der Waals surface area (Å²) in [5.74, 6) is -2.70. The molecular weight excluding hydrogens is 514 g/mol. The van der Waals surface area contributed by atoms with Gasteiger partial charge in [-0.15, -0.1) is 0 Å². The lowest BCUT2D eigenvalue weighted by Crippen LogP contribution is -2.53. The number of amides is 1. The maximum Gasteiger partial charge on any atom is 0.303 e. The largest absolute Gasteiger partial charge is 0.481 e. The van der Waals surface area contributed by atoms with Crippen molar-refractivity contribution in [1.82, 2.24) is 10.6 Å². The summed E-state index contributed by atoms with van der Waals surface area (Å²) in [6.45, 7) is 6.73. The van der Waals surface area contributed by atoms with Crippen molar-refractivity contribution in [2.45, 2.75) is 108 Å². The van der Waals surface area contributed by atoms with E-state index in [0.29, 0.717) is 18.4 Å². The van der Waals surface area contributed by atoms with Crippen LogP contribution in [0.1, 0.15) is 95.2 Å². The molecule has 0 spiro atoms. The molecule has 1 amide bonds. The third-order valence-electron chi connectivity index (χ3n) is 7.87. The fourth-order valence-corrected chi connectivity index (χ4v) is 5.56. The first-order valence-corrected chi connectivity index (χ1v) is 14.4. The molecule has 40 heavy (non-hydrogen) atoms. The highest BCUT2D eigenvalue weighted by Crippen LogP contribution is 2.38. The molecule has 0 saturated heterocycles. The standard InChI is InChI=1S/C32H44F2N2O4/c1-31(2,3)23-10-9-11-24(19-23)32(14-7-4-8-15-32)35-21-28(37)27(18-22-16-25(33)20-26(34)17-22)36-29(38)12-5-6-13-30(39)40/h9-11,16-17,19-20,27-28,35,37H,4-8,12-15,18,21H2,1-3H3,(H,36,38)(H,39,40). The van der Waals surface area contributed by atoms with Crippen molar-refractivity contribution >= 4 is 11.9 Å². The SMILES string of the molecule is CC(C)(C)c1cccc(C2(NCC(O)C(Cc3cc(F)cc(F)c3)NC(=O)CCCCC(=O)O)CCCCC2)c1. The third kappa shape index (κ3) is 9.37. The van der Waals surface area contributed by atoms with Crippen LogP contribution in [0.3, 0.4) is 0 Å². The van der Waals surface area contributed by atoms with Crippen LogP contribution in [0.5, 0.6) is 0 Å². The average molecular weight is 559 g/mol. The van der Waals surface area contributed by atoms with Gasteiger partial charge in [0.2, 0.25) is 5.91 Å². The number of carbonyl (C=O) groups excluding carboxylic acids is 1. The Hall–Kier alpha value is -2.84. The number of benzene rings is 2. The van der Waals surface area contributed by atoms with E-state index in [1.807, 2.05) is 0 Å². The van der Waals surface area contributed by atoms with Crippen molar-refractivity contribution in [2.24, 2.45) is 0 Å². The zero-order valence-electron chi connectivity index (χ0n) is 23.9. The summed E-state index contributed by atoms with van der Waals surface area (Å²) in [4.78, 5) is 23.5. The van der Waals surface area contributed by atoms with Crippen molar-refractivity contribution in [3.05, 3.63) is 70.8 Å². The van der Waals surface area contributed by atoms with Gasteiger partial charge in [-0.2, -0.15) is 0 Å². The molecule has 220 valence electrons. The molecule has 0 radical (unpaired) electrons. The molecule has 0 aliphatic heterocycles. The summed E-state index contributed by atoms with van der Waals surface area (Å²) in [5.41, 5.74) is 2.41. The lowest BCUT2D eigenvalue weighted by molar-refractivity contribution is -0.137. The van der Waals surface area contributed by atoms with Gasteiger partial charge in [0, 0.05) is 31.0 Å². The monoisotopic (exact) mass is 558 g/mol. The number of halogens is 2. The van der Waals surface area contributed by atoms with E-state index in [0.717, 1.165) is 38.2 Å². The molecule has 2 unspecified atom stereocenters. The number of carboxylic acid groups (broad SMARTS) is 1.